The third-order valence-corrected chi connectivity index (χ3v) is 4.91. The summed E-state index contributed by atoms with van der Waals surface area (Å²) in [5.41, 5.74) is 2.61. The number of benzene rings is 1. The SMILES string of the molecule is CCCC(=O)N1c2ccccc2-c2nnc(SC)nc2O[C@H]1c1ccccn1. The maximum Gasteiger partial charge on any atom is 0.247 e. The van der Waals surface area contributed by atoms with Gasteiger partial charge in [-0.2, -0.15) is 4.98 Å². The lowest BCUT2D eigenvalue weighted by molar-refractivity contribution is -0.120. The Labute approximate surface area is 167 Å². The van der Waals surface area contributed by atoms with Crippen LogP contribution in [0.15, 0.2) is 53.8 Å². The number of para-hydroxylation sites is 1. The van der Waals surface area contributed by atoms with Crippen molar-refractivity contribution in [3.8, 4) is 17.1 Å². The van der Waals surface area contributed by atoms with Gasteiger partial charge in [-0.3, -0.25) is 14.7 Å². The molecule has 1 atom stereocenters. The number of nitrogens with zero attached hydrogens (tertiary/aromatic N) is 5. The lowest BCUT2D eigenvalue weighted by atomic mass is 10.1. The summed E-state index contributed by atoms with van der Waals surface area (Å²) < 4.78 is 6.26. The molecule has 0 bridgehead atoms. The highest BCUT2D eigenvalue weighted by Gasteiger charge is 2.36. The molecule has 1 aliphatic heterocycles. The minimum Gasteiger partial charge on any atom is -0.445 e. The van der Waals surface area contributed by atoms with Gasteiger partial charge >= 0.3 is 0 Å². The summed E-state index contributed by atoms with van der Waals surface area (Å²) in [6.45, 7) is 1.98. The second-order valence-electron chi connectivity index (χ2n) is 6.21. The van der Waals surface area contributed by atoms with E-state index in [0.29, 0.717) is 34.5 Å². The fourth-order valence-corrected chi connectivity index (χ4v) is 3.41. The summed E-state index contributed by atoms with van der Waals surface area (Å²) in [6, 6.07) is 13.1. The Kier molecular flexibility index (Phi) is 5.21. The van der Waals surface area contributed by atoms with Crippen LogP contribution in [0.3, 0.4) is 0 Å². The van der Waals surface area contributed by atoms with Crippen LogP contribution in [-0.2, 0) is 4.79 Å². The van der Waals surface area contributed by atoms with Gasteiger partial charge in [0.25, 0.3) is 0 Å². The summed E-state index contributed by atoms with van der Waals surface area (Å²) >= 11 is 1.38. The summed E-state index contributed by atoms with van der Waals surface area (Å²) in [4.78, 5) is 23.7. The molecule has 28 heavy (non-hydrogen) atoms. The molecule has 8 heteroatoms. The Balaban J connectivity index is 1.95. The van der Waals surface area contributed by atoms with E-state index >= 15 is 0 Å². The number of hydrogen-bond donors (Lipinski definition) is 0. The molecule has 4 rings (SSSR count). The number of pyridine rings is 1. The average molecular weight is 393 g/mol. The summed E-state index contributed by atoms with van der Waals surface area (Å²) in [6.07, 6.45) is 3.95. The van der Waals surface area contributed by atoms with E-state index in [1.807, 2.05) is 55.6 Å². The maximum atomic E-state index is 13.1. The van der Waals surface area contributed by atoms with E-state index in [2.05, 4.69) is 20.2 Å². The number of anilines is 1. The normalized spacial score (nSPS) is 15.2. The van der Waals surface area contributed by atoms with Crippen LogP contribution in [0.4, 0.5) is 5.69 Å². The Hall–Kier alpha value is -3.00. The summed E-state index contributed by atoms with van der Waals surface area (Å²) in [7, 11) is 0. The van der Waals surface area contributed by atoms with Gasteiger partial charge in [0.2, 0.25) is 23.2 Å². The number of hydrogen-bond acceptors (Lipinski definition) is 7. The molecular formula is C20H19N5O2S. The fraction of sp³-hybridized carbons (Fsp3) is 0.250. The molecule has 1 aliphatic rings. The highest BCUT2D eigenvalue weighted by Crippen LogP contribution is 2.43. The quantitative estimate of drug-likeness (QED) is 0.622. The monoisotopic (exact) mass is 393 g/mol. The molecule has 0 N–H and O–H groups in total. The first-order valence-corrected chi connectivity index (χ1v) is 10.2. The molecule has 1 aromatic carbocycles. The van der Waals surface area contributed by atoms with E-state index in [0.717, 1.165) is 12.0 Å². The second kappa shape index (κ2) is 7.93. The standard InChI is InChI=1S/C20H19N5O2S/c1-3-8-16(26)25-15-11-5-4-9-13(15)17-18(22-20(28-2)24-23-17)27-19(25)14-10-6-7-12-21-14/h4-7,9-12,19H,3,8H2,1-2H3/t19-/m0/s1. The van der Waals surface area contributed by atoms with Crippen molar-refractivity contribution >= 4 is 23.4 Å². The van der Waals surface area contributed by atoms with Crippen molar-refractivity contribution in [2.24, 2.45) is 0 Å². The van der Waals surface area contributed by atoms with Gasteiger partial charge in [0.15, 0.2) is 5.69 Å². The third kappa shape index (κ3) is 3.31. The first kappa shape index (κ1) is 18.4. The van der Waals surface area contributed by atoms with Gasteiger partial charge in [0.05, 0.1) is 5.69 Å². The van der Waals surface area contributed by atoms with E-state index in [1.54, 1.807) is 11.1 Å². The van der Waals surface area contributed by atoms with Gasteiger partial charge in [-0.15, -0.1) is 10.2 Å². The summed E-state index contributed by atoms with van der Waals surface area (Å²) in [5, 5.41) is 9.00. The van der Waals surface area contributed by atoms with Crippen molar-refractivity contribution in [3.63, 3.8) is 0 Å². The topological polar surface area (TPSA) is 81.1 Å². The van der Waals surface area contributed by atoms with Crippen molar-refractivity contribution in [1.82, 2.24) is 20.2 Å². The Bertz CT molecular complexity index is 999. The van der Waals surface area contributed by atoms with Crippen LogP contribution in [0.1, 0.15) is 31.7 Å². The van der Waals surface area contributed by atoms with Crippen LogP contribution in [0, 0.1) is 0 Å². The van der Waals surface area contributed by atoms with Gasteiger partial charge in [-0.05, 0) is 30.9 Å². The predicted octanol–water partition coefficient (Wildman–Crippen LogP) is 3.88. The Morgan fingerprint density at radius 3 is 2.75 bits per heavy atom. The van der Waals surface area contributed by atoms with Crippen LogP contribution in [0.5, 0.6) is 5.88 Å². The smallest absolute Gasteiger partial charge is 0.247 e. The molecule has 0 aliphatic carbocycles. The van der Waals surface area contributed by atoms with E-state index in [-0.39, 0.29) is 5.91 Å². The van der Waals surface area contributed by atoms with Crippen LogP contribution in [0.25, 0.3) is 11.3 Å². The molecule has 142 valence electrons. The Morgan fingerprint density at radius 2 is 2.00 bits per heavy atom. The molecule has 3 aromatic rings. The number of thioether (sulfide) groups is 1. The molecular weight excluding hydrogens is 374 g/mol. The van der Waals surface area contributed by atoms with Gasteiger partial charge < -0.3 is 4.74 Å². The molecule has 0 spiro atoms. The van der Waals surface area contributed by atoms with Crippen molar-refractivity contribution in [2.45, 2.75) is 31.1 Å². The van der Waals surface area contributed by atoms with Crippen LogP contribution in [0.2, 0.25) is 0 Å². The van der Waals surface area contributed by atoms with Gasteiger partial charge in [-0.25, -0.2) is 0 Å². The lowest BCUT2D eigenvalue weighted by Crippen LogP contribution is -2.38. The zero-order chi connectivity index (χ0) is 19.5. The molecule has 3 heterocycles. The number of carbonyl (C=O) groups is 1. The average Bonchev–Trinajstić information content (AvgIpc) is 2.88. The highest BCUT2D eigenvalue weighted by molar-refractivity contribution is 7.98. The molecule has 0 saturated heterocycles. The second-order valence-corrected chi connectivity index (χ2v) is 6.98. The number of aromatic nitrogens is 4. The van der Waals surface area contributed by atoms with Gasteiger partial charge in [-0.1, -0.05) is 43.0 Å². The van der Waals surface area contributed by atoms with Crippen LogP contribution >= 0.6 is 11.8 Å². The third-order valence-electron chi connectivity index (χ3n) is 4.37. The summed E-state index contributed by atoms with van der Waals surface area (Å²) in [5.74, 6) is 0.297. The molecule has 0 unspecified atom stereocenters. The zero-order valence-corrected chi connectivity index (χ0v) is 16.4. The van der Waals surface area contributed by atoms with Crippen molar-refractivity contribution in [3.05, 3.63) is 54.4 Å². The number of carbonyl (C=O) groups excluding carboxylic acids is 1. The predicted molar refractivity (Wildman–Crippen MR) is 107 cm³/mol. The molecule has 1 amide bonds. The fourth-order valence-electron chi connectivity index (χ4n) is 3.12. The molecule has 2 aromatic heterocycles. The Morgan fingerprint density at radius 1 is 1.18 bits per heavy atom. The van der Waals surface area contributed by atoms with Crippen molar-refractivity contribution < 1.29 is 9.53 Å². The molecule has 0 radical (unpaired) electrons. The van der Waals surface area contributed by atoms with Crippen LogP contribution in [-0.4, -0.2) is 32.3 Å². The number of rotatable bonds is 4. The largest absolute Gasteiger partial charge is 0.445 e. The number of ether oxygens (including phenoxy) is 1. The minimum absolute atomic E-state index is 0.0449. The number of fused-ring (bicyclic) bond motifs is 3. The first-order chi connectivity index (χ1) is 13.7. The van der Waals surface area contributed by atoms with Crippen molar-refractivity contribution in [1.29, 1.82) is 0 Å². The van der Waals surface area contributed by atoms with Gasteiger partial charge in [0, 0.05) is 18.2 Å². The van der Waals surface area contributed by atoms with Gasteiger partial charge in [0.1, 0.15) is 5.69 Å². The first-order valence-electron chi connectivity index (χ1n) is 9.00. The lowest BCUT2D eigenvalue weighted by Gasteiger charge is -2.30. The zero-order valence-electron chi connectivity index (χ0n) is 15.6. The highest BCUT2D eigenvalue weighted by atomic mass is 32.2. The molecule has 0 fully saturated rings. The number of amides is 1. The van der Waals surface area contributed by atoms with Crippen molar-refractivity contribution in [2.75, 3.05) is 11.2 Å². The van der Waals surface area contributed by atoms with E-state index in [4.69, 9.17) is 4.74 Å². The van der Waals surface area contributed by atoms with Crippen LogP contribution < -0.4 is 9.64 Å². The van der Waals surface area contributed by atoms with E-state index in [1.165, 1.54) is 11.8 Å². The molecule has 7 nitrogen and oxygen atoms in total. The minimum atomic E-state index is -0.742. The van der Waals surface area contributed by atoms with E-state index in [9.17, 15) is 4.79 Å². The maximum absolute atomic E-state index is 13.1. The molecule has 0 saturated carbocycles. The van der Waals surface area contributed by atoms with E-state index < -0.39 is 6.23 Å².